The monoisotopic (exact) mass is 255 g/mol. The van der Waals surface area contributed by atoms with Crippen molar-refractivity contribution in [2.24, 2.45) is 5.92 Å². The fraction of sp³-hybridized carbons (Fsp3) is 0.636. The number of nitrogens with zero attached hydrogens (tertiary/aromatic N) is 1. The van der Waals surface area contributed by atoms with Gasteiger partial charge in [0.15, 0.2) is 5.69 Å². The van der Waals surface area contributed by atoms with Gasteiger partial charge in [0.05, 0.1) is 16.8 Å². The van der Waals surface area contributed by atoms with Gasteiger partial charge in [0.1, 0.15) is 0 Å². The van der Waals surface area contributed by atoms with E-state index in [1.165, 1.54) is 0 Å². The van der Waals surface area contributed by atoms with Gasteiger partial charge in [-0.1, -0.05) is 11.6 Å². The lowest BCUT2D eigenvalue weighted by molar-refractivity contribution is 0.00803. The van der Waals surface area contributed by atoms with Crippen LogP contribution in [0.2, 0.25) is 5.02 Å². The van der Waals surface area contributed by atoms with Crippen molar-refractivity contribution in [3.63, 3.8) is 0 Å². The van der Waals surface area contributed by atoms with Gasteiger partial charge in [-0.2, -0.15) is 5.10 Å². The van der Waals surface area contributed by atoms with E-state index in [0.717, 1.165) is 19.4 Å². The number of ether oxygens (including phenoxy) is 1. The molecule has 1 saturated carbocycles. The summed E-state index contributed by atoms with van der Waals surface area (Å²) in [5.41, 5.74) is 0.999. The molecule has 0 aromatic carbocycles. The van der Waals surface area contributed by atoms with Crippen molar-refractivity contribution >= 4 is 17.5 Å². The van der Waals surface area contributed by atoms with Crippen molar-refractivity contribution in [3.8, 4) is 0 Å². The van der Waals surface area contributed by atoms with E-state index >= 15 is 0 Å². The van der Waals surface area contributed by atoms with Crippen LogP contribution in [-0.4, -0.2) is 34.9 Å². The minimum atomic E-state index is -0.199. The summed E-state index contributed by atoms with van der Waals surface area (Å²) in [7, 11) is 0. The Morgan fingerprint density at radius 3 is 3.12 bits per heavy atom. The first-order chi connectivity index (χ1) is 8.16. The van der Waals surface area contributed by atoms with Gasteiger partial charge >= 0.3 is 0 Å². The lowest BCUT2D eigenvalue weighted by Gasteiger charge is -2.39. The number of hydrogen-bond donors (Lipinski definition) is 2. The summed E-state index contributed by atoms with van der Waals surface area (Å²) in [6, 6.07) is 0.211. The molecule has 92 valence electrons. The standard InChI is InChI=1S/C11H14ClN3O2/c1-5-9(12)10(15-14-5)11(16)13-7-4-8-6(7)2-3-17-8/h6-8H,2-4H2,1H3,(H,13,16)(H,14,15)/t6-,7+,8+/m1/s1. The predicted octanol–water partition coefficient (Wildman–Crippen LogP) is 1.28. The van der Waals surface area contributed by atoms with Crippen LogP contribution in [0.25, 0.3) is 0 Å². The molecule has 1 saturated heterocycles. The highest BCUT2D eigenvalue weighted by Gasteiger charge is 2.46. The number of hydrogen-bond acceptors (Lipinski definition) is 3. The largest absolute Gasteiger partial charge is 0.378 e. The van der Waals surface area contributed by atoms with Crippen LogP contribution in [0.1, 0.15) is 29.0 Å². The Bertz CT molecular complexity index is 460. The zero-order valence-corrected chi connectivity index (χ0v) is 10.3. The second kappa shape index (κ2) is 3.99. The molecule has 3 atom stereocenters. The molecule has 1 amide bonds. The number of aromatic nitrogens is 2. The van der Waals surface area contributed by atoms with Gasteiger partial charge in [-0.25, -0.2) is 0 Å². The second-order valence-corrected chi connectivity index (χ2v) is 5.07. The molecular formula is C11H14ClN3O2. The van der Waals surface area contributed by atoms with Crippen molar-refractivity contribution in [2.75, 3.05) is 6.61 Å². The van der Waals surface area contributed by atoms with Crippen LogP contribution in [0.5, 0.6) is 0 Å². The van der Waals surface area contributed by atoms with Crippen molar-refractivity contribution in [1.29, 1.82) is 0 Å². The number of carbonyl (C=O) groups excluding carboxylic acids is 1. The number of rotatable bonds is 2. The van der Waals surface area contributed by atoms with Crippen LogP contribution in [0.3, 0.4) is 0 Å². The molecule has 2 aliphatic rings. The molecule has 1 aromatic heterocycles. The van der Waals surface area contributed by atoms with Gasteiger partial charge in [-0.15, -0.1) is 0 Å². The van der Waals surface area contributed by atoms with E-state index in [-0.39, 0.29) is 17.6 Å². The number of H-pyrrole nitrogens is 1. The van der Waals surface area contributed by atoms with E-state index in [9.17, 15) is 4.79 Å². The number of fused-ring (bicyclic) bond motifs is 1. The van der Waals surface area contributed by atoms with Crippen LogP contribution in [0.4, 0.5) is 0 Å². The van der Waals surface area contributed by atoms with Crippen LogP contribution in [-0.2, 0) is 4.74 Å². The van der Waals surface area contributed by atoms with E-state index in [4.69, 9.17) is 16.3 Å². The molecule has 5 nitrogen and oxygen atoms in total. The molecule has 2 N–H and O–H groups in total. The predicted molar refractivity (Wildman–Crippen MR) is 62.1 cm³/mol. The number of nitrogens with one attached hydrogen (secondary N) is 2. The molecule has 0 bridgehead atoms. The van der Waals surface area contributed by atoms with E-state index in [2.05, 4.69) is 15.5 Å². The molecule has 17 heavy (non-hydrogen) atoms. The van der Waals surface area contributed by atoms with Gasteiger partial charge in [-0.3, -0.25) is 9.89 Å². The second-order valence-electron chi connectivity index (χ2n) is 4.69. The minimum Gasteiger partial charge on any atom is -0.378 e. The summed E-state index contributed by atoms with van der Waals surface area (Å²) in [5, 5.41) is 9.99. The number of amides is 1. The fourth-order valence-electron chi connectivity index (χ4n) is 2.57. The molecule has 2 fully saturated rings. The van der Waals surface area contributed by atoms with Gasteiger partial charge in [0, 0.05) is 18.6 Å². The van der Waals surface area contributed by atoms with Gasteiger partial charge in [0.2, 0.25) is 0 Å². The van der Waals surface area contributed by atoms with E-state index in [1.807, 2.05) is 0 Å². The normalized spacial score (nSPS) is 30.8. The highest BCUT2D eigenvalue weighted by molar-refractivity contribution is 6.34. The molecule has 2 heterocycles. The fourth-order valence-corrected chi connectivity index (χ4v) is 2.74. The summed E-state index contributed by atoms with van der Waals surface area (Å²) in [6.45, 7) is 2.60. The van der Waals surface area contributed by atoms with Crippen LogP contribution < -0.4 is 5.32 Å². The number of aryl methyl sites for hydroxylation is 1. The lowest BCUT2D eigenvalue weighted by Crippen LogP contribution is -2.53. The third-order valence-electron chi connectivity index (χ3n) is 3.67. The maximum absolute atomic E-state index is 12.0. The third kappa shape index (κ3) is 1.73. The maximum atomic E-state index is 12.0. The van der Waals surface area contributed by atoms with Gasteiger partial charge in [0.25, 0.3) is 5.91 Å². The van der Waals surface area contributed by atoms with E-state index in [1.54, 1.807) is 6.92 Å². The van der Waals surface area contributed by atoms with Crippen LogP contribution in [0, 0.1) is 12.8 Å². The van der Waals surface area contributed by atoms with E-state index < -0.39 is 0 Å². The molecular weight excluding hydrogens is 242 g/mol. The van der Waals surface area contributed by atoms with Gasteiger partial charge in [-0.05, 0) is 19.8 Å². The zero-order chi connectivity index (χ0) is 12.0. The Hall–Kier alpha value is -1.07. The maximum Gasteiger partial charge on any atom is 0.273 e. The molecule has 1 aliphatic heterocycles. The summed E-state index contributed by atoms with van der Waals surface area (Å²) in [5.74, 6) is 0.271. The van der Waals surface area contributed by atoms with Crippen molar-refractivity contribution < 1.29 is 9.53 Å². The molecule has 0 unspecified atom stereocenters. The summed E-state index contributed by atoms with van der Waals surface area (Å²) in [6.07, 6.45) is 2.28. The van der Waals surface area contributed by atoms with Crippen LogP contribution >= 0.6 is 11.6 Å². The summed E-state index contributed by atoms with van der Waals surface area (Å²) in [4.78, 5) is 12.0. The van der Waals surface area contributed by atoms with E-state index in [0.29, 0.717) is 22.7 Å². The van der Waals surface area contributed by atoms with Gasteiger partial charge < -0.3 is 10.1 Å². The SMILES string of the molecule is Cc1[nH]nc(C(=O)N[C@H]2C[C@@H]3OCC[C@H]23)c1Cl. The quantitative estimate of drug-likeness (QED) is 0.837. The lowest BCUT2D eigenvalue weighted by atomic mass is 9.76. The Morgan fingerprint density at radius 2 is 2.47 bits per heavy atom. The molecule has 1 aliphatic carbocycles. The highest BCUT2D eigenvalue weighted by Crippen LogP contribution is 2.38. The average Bonchev–Trinajstić information content (AvgIpc) is 2.81. The van der Waals surface area contributed by atoms with Crippen LogP contribution in [0.15, 0.2) is 0 Å². The topological polar surface area (TPSA) is 67.0 Å². The smallest absolute Gasteiger partial charge is 0.273 e. The Balaban J connectivity index is 1.66. The summed E-state index contributed by atoms with van der Waals surface area (Å²) >= 11 is 5.98. The van der Waals surface area contributed by atoms with Crippen molar-refractivity contribution in [2.45, 2.75) is 31.9 Å². The van der Waals surface area contributed by atoms with Crippen molar-refractivity contribution in [1.82, 2.24) is 15.5 Å². The third-order valence-corrected chi connectivity index (χ3v) is 4.13. The molecule has 0 radical (unpaired) electrons. The Morgan fingerprint density at radius 1 is 1.65 bits per heavy atom. The Labute approximate surface area is 104 Å². The first-order valence-corrected chi connectivity index (χ1v) is 6.17. The average molecular weight is 256 g/mol. The number of aromatic amines is 1. The zero-order valence-electron chi connectivity index (χ0n) is 9.50. The minimum absolute atomic E-state index is 0.199. The number of carbonyl (C=O) groups is 1. The molecule has 6 heteroatoms. The van der Waals surface area contributed by atoms with Crippen molar-refractivity contribution in [3.05, 3.63) is 16.4 Å². The molecule has 1 aromatic rings. The molecule has 0 spiro atoms. The first-order valence-electron chi connectivity index (χ1n) is 5.79. The highest BCUT2D eigenvalue weighted by atomic mass is 35.5. The first kappa shape index (κ1) is 11.0. The molecule has 3 rings (SSSR count). The summed E-state index contributed by atoms with van der Waals surface area (Å²) < 4.78 is 5.50. The Kier molecular flexibility index (Phi) is 2.60. The number of halogens is 1.